The van der Waals surface area contributed by atoms with E-state index in [4.69, 9.17) is 9.42 Å². The minimum absolute atomic E-state index is 0.00386. The van der Waals surface area contributed by atoms with E-state index in [2.05, 4.69) is 5.09 Å². The van der Waals surface area contributed by atoms with Crippen molar-refractivity contribution < 1.29 is 14.0 Å². The summed E-state index contributed by atoms with van der Waals surface area (Å²) in [5, 5.41) is 2.58. The van der Waals surface area contributed by atoms with Crippen LogP contribution in [0.3, 0.4) is 0 Å². The highest BCUT2D eigenvalue weighted by Crippen LogP contribution is 2.49. The lowest BCUT2D eigenvalue weighted by atomic mass is 10.2. The second kappa shape index (κ2) is 2.05. The molecule has 2 aliphatic rings. The fraction of sp³-hybridized carbons (Fsp3) is 1.00. The van der Waals surface area contributed by atoms with Crippen molar-refractivity contribution in [2.45, 2.75) is 31.4 Å². The fourth-order valence-electron chi connectivity index (χ4n) is 1.62. The molecule has 3 atom stereocenters. The van der Waals surface area contributed by atoms with Crippen LogP contribution in [0.2, 0.25) is 0 Å². The first-order valence-corrected chi connectivity index (χ1v) is 5.04. The maximum absolute atomic E-state index is 10.8. The Morgan fingerprint density at radius 2 is 2.40 bits per heavy atom. The summed E-state index contributed by atoms with van der Waals surface area (Å²) in [4.78, 5) is 8.92. The zero-order valence-corrected chi connectivity index (χ0v) is 6.38. The van der Waals surface area contributed by atoms with E-state index in [-0.39, 0.29) is 12.1 Å². The Morgan fingerprint density at radius 1 is 1.60 bits per heavy atom. The summed E-state index contributed by atoms with van der Waals surface area (Å²) >= 11 is 0. The first-order valence-electron chi connectivity index (χ1n) is 3.46. The van der Waals surface area contributed by atoms with Crippen LogP contribution in [-0.4, -0.2) is 17.0 Å². The zero-order chi connectivity index (χ0) is 7.19. The number of hydrogen-bond acceptors (Lipinski definition) is 2. The Kier molecular flexibility index (Phi) is 1.39. The highest BCUT2D eigenvalue weighted by molar-refractivity contribution is 7.50. The third-order valence-electron chi connectivity index (χ3n) is 2.06. The standard InChI is InChI=1S/C5H10NO3P/c7-10(8)6-4-2-1-3-5(4)9-10/h4-5H,1-3H2,(H2,6,7,8). The van der Waals surface area contributed by atoms with E-state index in [1.165, 1.54) is 0 Å². The summed E-state index contributed by atoms with van der Waals surface area (Å²) in [6.45, 7) is 0. The topological polar surface area (TPSA) is 58.6 Å². The van der Waals surface area contributed by atoms with E-state index in [0.29, 0.717) is 0 Å². The molecule has 2 N–H and O–H groups in total. The molecule has 1 saturated heterocycles. The van der Waals surface area contributed by atoms with Crippen LogP contribution in [0, 0.1) is 0 Å². The Bertz CT molecular complexity index is 179. The van der Waals surface area contributed by atoms with Crippen molar-refractivity contribution in [3.05, 3.63) is 0 Å². The molecule has 2 fully saturated rings. The Hall–Kier alpha value is 0.110. The first kappa shape index (κ1) is 6.80. The monoisotopic (exact) mass is 163 g/mol. The van der Waals surface area contributed by atoms with Gasteiger partial charge in [0.1, 0.15) is 0 Å². The molecule has 2 rings (SSSR count). The van der Waals surface area contributed by atoms with E-state index in [0.717, 1.165) is 19.3 Å². The van der Waals surface area contributed by atoms with Crippen LogP contribution in [-0.2, 0) is 9.09 Å². The molecule has 10 heavy (non-hydrogen) atoms. The van der Waals surface area contributed by atoms with Crippen LogP contribution in [0.4, 0.5) is 0 Å². The molecule has 0 amide bonds. The van der Waals surface area contributed by atoms with E-state index < -0.39 is 7.75 Å². The minimum atomic E-state index is -3.37. The van der Waals surface area contributed by atoms with E-state index in [1.807, 2.05) is 0 Å². The largest absolute Gasteiger partial charge is 0.403 e. The molecular weight excluding hydrogens is 153 g/mol. The minimum Gasteiger partial charge on any atom is -0.312 e. The molecule has 3 unspecified atom stereocenters. The number of nitrogens with one attached hydrogen (secondary N) is 1. The van der Waals surface area contributed by atoms with Crippen LogP contribution in [0.15, 0.2) is 0 Å². The summed E-state index contributed by atoms with van der Waals surface area (Å²) in [6.07, 6.45) is 2.98. The number of hydrogen-bond donors (Lipinski definition) is 2. The summed E-state index contributed by atoms with van der Waals surface area (Å²) in [5.41, 5.74) is 0. The van der Waals surface area contributed by atoms with Crippen LogP contribution in [0.1, 0.15) is 19.3 Å². The van der Waals surface area contributed by atoms with Gasteiger partial charge in [-0.15, -0.1) is 0 Å². The van der Waals surface area contributed by atoms with Crippen molar-refractivity contribution in [2.24, 2.45) is 0 Å². The molecule has 0 aromatic rings. The number of rotatable bonds is 0. The summed E-state index contributed by atoms with van der Waals surface area (Å²) in [6, 6.07) is 0.135. The van der Waals surface area contributed by atoms with E-state index in [1.54, 1.807) is 0 Å². The maximum Gasteiger partial charge on any atom is 0.403 e. The van der Waals surface area contributed by atoms with Gasteiger partial charge in [-0.05, 0) is 19.3 Å². The predicted molar refractivity (Wildman–Crippen MR) is 35.5 cm³/mol. The van der Waals surface area contributed by atoms with E-state index in [9.17, 15) is 4.57 Å². The van der Waals surface area contributed by atoms with Gasteiger partial charge in [-0.25, -0.2) is 9.65 Å². The average Bonchev–Trinajstić information content (AvgIpc) is 2.20. The lowest BCUT2D eigenvalue weighted by molar-refractivity contribution is 0.205. The third kappa shape index (κ3) is 1.01. The summed E-state index contributed by atoms with van der Waals surface area (Å²) in [7, 11) is -3.37. The highest BCUT2D eigenvalue weighted by Gasteiger charge is 2.43. The molecule has 5 heteroatoms. The van der Waals surface area contributed by atoms with Crippen LogP contribution < -0.4 is 5.09 Å². The molecule has 0 aromatic heterocycles. The molecule has 1 heterocycles. The molecule has 1 aliphatic heterocycles. The smallest absolute Gasteiger partial charge is 0.312 e. The van der Waals surface area contributed by atoms with Crippen molar-refractivity contribution in [2.75, 3.05) is 0 Å². The van der Waals surface area contributed by atoms with Crippen molar-refractivity contribution in [3.8, 4) is 0 Å². The molecule has 1 saturated carbocycles. The fourth-order valence-corrected chi connectivity index (χ4v) is 3.02. The van der Waals surface area contributed by atoms with Crippen molar-refractivity contribution in [3.63, 3.8) is 0 Å². The lowest BCUT2D eigenvalue weighted by Crippen LogP contribution is -2.23. The normalized spacial score (nSPS) is 53.3. The molecule has 1 aliphatic carbocycles. The van der Waals surface area contributed by atoms with Gasteiger partial charge in [0.25, 0.3) is 0 Å². The van der Waals surface area contributed by atoms with Gasteiger partial charge in [0.15, 0.2) is 0 Å². The van der Waals surface area contributed by atoms with Gasteiger partial charge in [0.05, 0.1) is 6.10 Å². The van der Waals surface area contributed by atoms with Crippen LogP contribution in [0.5, 0.6) is 0 Å². The molecule has 4 nitrogen and oxygen atoms in total. The highest BCUT2D eigenvalue weighted by atomic mass is 31.2. The Morgan fingerprint density at radius 3 is 3.10 bits per heavy atom. The molecular formula is C5H10NO3P. The van der Waals surface area contributed by atoms with Gasteiger partial charge >= 0.3 is 7.75 Å². The van der Waals surface area contributed by atoms with Gasteiger partial charge in [0, 0.05) is 6.04 Å². The van der Waals surface area contributed by atoms with Gasteiger partial charge < -0.3 is 4.89 Å². The van der Waals surface area contributed by atoms with Gasteiger partial charge in [0.2, 0.25) is 0 Å². The van der Waals surface area contributed by atoms with E-state index >= 15 is 0 Å². The maximum atomic E-state index is 10.8. The summed E-state index contributed by atoms with van der Waals surface area (Å²) in [5.74, 6) is 0. The quantitative estimate of drug-likeness (QED) is 0.514. The SMILES string of the molecule is O=P1(O)NC2CCCC2O1. The molecule has 0 aromatic carbocycles. The van der Waals surface area contributed by atoms with Gasteiger partial charge in [-0.1, -0.05) is 0 Å². The predicted octanol–water partition coefficient (Wildman–Crippen LogP) is 0.628. The summed E-state index contributed by atoms with van der Waals surface area (Å²) < 4.78 is 15.7. The molecule has 0 spiro atoms. The van der Waals surface area contributed by atoms with Gasteiger partial charge in [-0.2, -0.15) is 0 Å². The molecule has 0 radical (unpaired) electrons. The molecule has 58 valence electrons. The third-order valence-corrected chi connectivity index (χ3v) is 3.27. The number of fused-ring (bicyclic) bond motifs is 1. The van der Waals surface area contributed by atoms with Gasteiger partial charge in [-0.3, -0.25) is 4.52 Å². The Balaban J connectivity index is 2.14. The van der Waals surface area contributed by atoms with Crippen molar-refractivity contribution in [1.29, 1.82) is 0 Å². The zero-order valence-electron chi connectivity index (χ0n) is 5.49. The van der Waals surface area contributed by atoms with Crippen LogP contribution in [0.25, 0.3) is 0 Å². The lowest BCUT2D eigenvalue weighted by Gasteiger charge is -2.02. The Labute approximate surface area is 59.2 Å². The second-order valence-electron chi connectivity index (χ2n) is 2.83. The molecule has 0 bridgehead atoms. The van der Waals surface area contributed by atoms with Crippen molar-refractivity contribution >= 4 is 7.75 Å². The first-order chi connectivity index (χ1) is 4.67. The second-order valence-corrected chi connectivity index (χ2v) is 4.34. The average molecular weight is 163 g/mol. The van der Waals surface area contributed by atoms with Crippen LogP contribution >= 0.6 is 7.75 Å². The van der Waals surface area contributed by atoms with Crippen molar-refractivity contribution in [1.82, 2.24) is 5.09 Å².